The Morgan fingerprint density at radius 1 is 1.40 bits per heavy atom. The van der Waals surface area contributed by atoms with Crippen LogP contribution < -0.4 is 5.73 Å². The summed E-state index contributed by atoms with van der Waals surface area (Å²) in [4.78, 5) is 4.48. The number of fused-ring (bicyclic) bond motifs is 1. The first-order chi connectivity index (χ1) is 7.27. The van der Waals surface area contributed by atoms with E-state index in [-0.39, 0.29) is 0 Å². The van der Waals surface area contributed by atoms with E-state index in [4.69, 9.17) is 5.73 Å². The summed E-state index contributed by atoms with van der Waals surface area (Å²) in [5, 5.41) is 0. The van der Waals surface area contributed by atoms with Gasteiger partial charge >= 0.3 is 0 Å². The maximum atomic E-state index is 5.91. The minimum atomic E-state index is 0.591. The molecule has 2 aromatic rings. The quantitative estimate of drug-likeness (QED) is 0.806. The lowest BCUT2D eigenvalue weighted by Crippen LogP contribution is -2.12. The number of nitrogens with zero attached hydrogens (tertiary/aromatic N) is 2. The predicted molar refractivity (Wildman–Crippen MR) is 63.9 cm³/mol. The Hall–Kier alpha value is -1.03. The molecule has 0 saturated heterocycles. The van der Waals surface area contributed by atoms with Crippen LogP contribution in [0.3, 0.4) is 0 Å². The predicted octanol–water partition coefficient (Wildman–Crippen LogP) is 2.95. The highest BCUT2D eigenvalue weighted by molar-refractivity contribution is 9.10. The molecule has 1 aliphatic rings. The van der Waals surface area contributed by atoms with Gasteiger partial charge in [0.2, 0.25) is 0 Å². The fourth-order valence-corrected chi connectivity index (χ4v) is 2.61. The number of anilines is 1. The molecule has 1 saturated carbocycles. The lowest BCUT2D eigenvalue weighted by Gasteiger charge is -2.24. The third-order valence-corrected chi connectivity index (χ3v) is 3.76. The lowest BCUT2D eigenvalue weighted by molar-refractivity contribution is 0.400. The van der Waals surface area contributed by atoms with Crippen molar-refractivity contribution in [1.82, 2.24) is 9.38 Å². The summed E-state index contributed by atoms with van der Waals surface area (Å²) >= 11 is 3.55. The van der Waals surface area contributed by atoms with Crippen molar-refractivity contribution in [1.29, 1.82) is 0 Å². The highest BCUT2D eigenvalue weighted by Gasteiger charge is 2.25. The molecule has 1 fully saturated rings. The molecule has 0 bridgehead atoms. The molecule has 0 aromatic carbocycles. The monoisotopic (exact) mass is 265 g/mol. The molecule has 0 radical (unpaired) electrons. The zero-order valence-corrected chi connectivity index (χ0v) is 9.87. The van der Waals surface area contributed by atoms with E-state index in [0.29, 0.717) is 11.7 Å². The van der Waals surface area contributed by atoms with E-state index in [2.05, 4.69) is 25.3 Å². The molecule has 0 amide bonds. The summed E-state index contributed by atoms with van der Waals surface area (Å²) in [5.41, 5.74) is 6.92. The van der Waals surface area contributed by atoms with Crippen LogP contribution in [-0.4, -0.2) is 9.38 Å². The minimum absolute atomic E-state index is 0.591. The van der Waals surface area contributed by atoms with Crippen LogP contribution >= 0.6 is 15.9 Å². The van der Waals surface area contributed by atoms with Gasteiger partial charge in [-0.05, 0) is 40.9 Å². The number of nitrogen functional groups attached to an aromatic ring is 1. The van der Waals surface area contributed by atoms with Gasteiger partial charge in [-0.2, -0.15) is 0 Å². The molecule has 0 unspecified atom stereocenters. The number of halogens is 1. The molecule has 2 aromatic heterocycles. The van der Waals surface area contributed by atoms with Gasteiger partial charge < -0.3 is 5.73 Å². The smallest absolute Gasteiger partial charge is 0.149 e. The lowest BCUT2D eigenvalue weighted by atomic mass is 9.85. The Bertz CT molecular complexity index is 514. The number of imidazole rings is 1. The van der Waals surface area contributed by atoms with Crippen LogP contribution in [0.1, 0.15) is 31.0 Å². The number of pyridine rings is 1. The van der Waals surface area contributed by atoms with E-state index in [1.54, 1.807) is 0 Å². The maximum absolute atomic E-state index is 5.91. The van der Waals surface area contributed by atoms with E-state index >= 15 is 0 Å². The fourth-order valence-electron chi connectivity index (χ4n) is 2.09. The van der Waals surface area contributed by atoms with Crippen molar-refractivity contribution in [2.75, 3.05) is 5.73 Å². The van der Waals surface area contributed by atoms with Crippen LogP contribution in [0, 0.1) is 0 Å². The van der Waals surface area contributed by atoms with E-state index in [0.717, 1.165) is 15.9 Å². The number of nitrogens with two attached hydrogens (primary N) is 1. The minimum Gasteiger partial charge on any atom is -0.382 e. The van der Waals surface area contributed by atoms with E-state index < -0.39 is 0 Å². The van der Waals surface area contributed by atoms with Crippen molar-refractivity contribution in [3.05, 3.63) is 28.6 Å². The molecule has 0 spiro atoms. The average Bonchev–Trinajstić information content (AvgIpc) is 2.43. The molecule has 3 rings (SSSR count). The van der Waals surface area contributed by atoms with Gasteiger partial charge in [-0.15, -0.1) is 0 Å². The largest absolute Gasteiger partial charge is 0.382 e. The second kappa shape index (κ2) is 3.23. The second-order valence-electron chi connectivity index (χ2n) is 4.05. The zero-order chi connectivity index (χ0) is 10.4. The third-order valence-electron chi connectivity index (χ3n) is 3.14. The molecular weight excluding hydrogens is 254 g/mol. The molecule has 0 aliphatic heterocycles. The van der Waals surface area contributed by atoms with E-state index in [9.17, 15) is 0 Å². The molecule has 0 atom stereocenters. The van der Waals surface area contributed by atoms with Crippen LogP contribution in [0.4, 0.5) is 5.82 Å². The van der Waals surface area contributed by atoms with E-state index in [1.807, 2.05) is 18.2 Å². The van der Waals surface area contributed by atoms with Crippen LogP contribution in [0.25, 0.3) is 5.52 Å². The van der Waals surface area contributed by atoms with Gasteiger partial charge in [0.25, 0.3) is 0 Å². The summed E-state index contributed by atoms with van der Waals surface area (Å²) < 4.78 is 3.16. The van der Waals surface area contributed by atoms with Gasteiger partial charge in [0.1, 0.15) is 11.6 Å². The molecule has 15 heavy (non-hydrogen) atoms. The summed E-state index contributed by atoms with van der Waals surface area (Å²) in [7, 11) is 0. The molecule has 2 heterocycles. The fraction of sp³-hybridized carbons (Fsp3) is 0.364. The van der Waals surface area contributed by atoms with Crippen LogP contribution in [-0.2, 0) is 0 Å². The van der Waals surface area contributed by atoms with Crippen LogP contribution in [0.15, 0.2) is 22.8 Å². The van der Waals surface area contributed by atoms with Gasteiger partial charge in [-0.25, -0.2) is 4.98 Å². The summed E-state index contributed by atoms with van der Waals surface area (Å²) in [6.07, 6.45) is 3.78. The van der Waals surface area contributed by atoms with E-state index in [1.165, 1.54) is 19.3 Å². The first-order valence-corrected chi connectivity index (χ1v) is 5.99. The van der Waals surface area contributed by atoms with Crippen molar-refractivity contribution in [3.8, 4) is 0 Å². The molecular formula is C11H12BrN3. The number of hydrogen-bond acceptors (Lipinski definition) is 2. The standard InChI is InChI=1S/C11H12BrN3/c12-9-6-2-5-8-10(13)14-11(15(8)9)7-3-1-4-7/h2,5-7H,1,3-4,13H2. The Kier molecular flexibility index (Phi) is 1.99. The first-order valence-electron chi connectivity index (χ1n) is 5.19. The van der Waals surface area contributed by atoms with Crippen molar-refractivity contribution in [2.24, 2.45) is 0 Å². The SMILES string of the molecule is Nc1nc(C2CCC2)n2c(Br)cccc12. The van der Waals surface area contributed by atoms with Crippen molar-refractivity contribution < 1.29 is 0 Å². The normalized spacial score (nSPS) is 16.9. The maximum Gasteiger partial charge on any atom is 0.149 e. The number of rotatable bonds is 1. The average molecular weight is 266 g/mol. The molecule has 1 aliphatic carbocycles. The van der Waals surface area contributed by atoms with Crippen molar-refractivity contribution >= 4 is 27.3 Å². The van der Waals surface area contributed by atoms with Crippen LogP contribution in [0.5, 0.6) is 0 Å². The molecule has 4 heteroatoms. The summed E-state index contributed by atoms with van der Waals surface area (Å²) in [6, 6.07) is 6.02. The van der Waals surface area contributed by atoms with Gasteiger partial charge in [0.05, 0.1) is 10.1 Å². The van der Waals surface area contributed by atoms with Crippen molar-refractivity contribution in [2.45, 2.75) is 25.2 Å². The Morgan fingerprint density at radius 2 is 2.20 bits per heavy atom. The Balaban J connectivity index is 2.29. The molecule has 78 valence electrons. The Labute approximate surface area is 96.4 Å². The topological polar surface area (TPSA) is 43.3 Å². The first kappa shape index (κ1) is 9.21. The third kappa shape index (κ3) is 1.28. The summed E-state index contributed by atoms with van der Waals surface area (Å²) in [5.74, 6) is 2.34. The molecule has 3 nitrogen and oxygen atoms in total. The highest BCUT2D eigenvalue weighted by Crippen LogP contribution is 2.37. The zero-order valence-electron chi connectivity index (χ0n) is 8.28. The van der Waals surface area contributed by atoms with Crippen molar-refractivity contribution in [3.63, 3.8) is 0 Å². The molecule has 2 N–H and O–H groups in total. The highest BCUT2D eigenvalue weighted by atomic mass is 79.9. The van der Waals surface area contributed by atoms with Gasteiger partial charge in [-0.1, -0.05) is 12.5 Å². The second-order valence-corrected chi connectivity index (χ2v) is 4.86. The number of hydrogen-bond donors (Lipinski definition) is 1. The Morgan fingerprint density at radius 3 is 2.87 bits per heavy atom. The summed E-state index contributed by atoms with van der Waals surface area (Å²) in [6.45, 7) is 0. The van der Waals surface area contributed by atoms with Gasteiger partial charge in [0.15, 0.2) is 0 Å². The van der Waals surface area contributed by atoms with Crippen LogP contribution in [0.2, 0.25) is 0 Å². The van der Waals surface area contributed by atoms with Gasteiger partial charge in [-0.3, -0.25) is 4.40 Å². The number of aromatic nitrogens is 2. The van der Waals surface area contributed by atoms with Gasteiger partial charge in [0, 0.05) is 5.92 Å².